The molecule has 17 heavy (non-hydrogen) atoms. The van der Waals surface area contributed by atoms with Crippen LogP contribution in [0.25, 0.3) is 0 Å². The Morgan fingerprint density at radius 3 is 2.76 bits per heavy atom. The molecule has 0 aliphatic rings. The van der Waals surface area contributed by atoms with E-state index in [1.807, 2.05) is 18.2 Å². The van der Waals surface area contributed by atoms with E-state index in [2.05, 4.69) is 15.9 Å². The van der Waals surface area contributed by atoms with Crippen molar-refractivity contribution >= 4 is 21.9 Å². The van der Waals surface area contributed by atoms with Crippen molar-refractivity contribution in [3.63, 3.8) is 0 Å². The summed E-state index contributed by atoms with van der Waals surface area (Å²) in [7, 11) is 1.60. The van der Waals surface area contributed by atoms with E-state index in [9.17, 15) is 4.79 Å². The fraction of sp³-hybridized carbons (Fsp3) is 0.417. The van der Waals surface area contributed by atoms with Gasteiger partial charge in [-0.15, -0.1) is 0 Å². The summed E-state index contributed by atoms with van der Waals surface area (Å²) in [4.78, 5) is 11.4. The summed E-state index contributed by atoms with van der Waals surface area (Å²) in [5, 5.41) is 0. The van der Waals surface area contributed by atoms with E-state index < -0.39 is 6.04 Å². The van der Waals surface area contributed by atoms with Gasteiger partial charge in [-0.2, -0.15) is 0 Å². The van der Waals surface area contributed by atoms with Gasteiger partial charge in [0.25, 0.3) is 0 Å². The highest BCUT2D eigenvalue weighted by molar-refractivity contribution is 9.10. The lowest BCUT2D eigenvalue weighted by Crippen LogP contribution is -2.34. The number of halogens is 1. The molecule has 1 unspecified atom stereocenters. The molecule has 0 fully saturated rings. The minimum Gasteiger partial charge on any atom is -0.496 e. The van der Waals surface area contributed by atoms with Gasteiger partial charge in [-0.1, -0.05) is 6.07 Å². The number of benzene rings is 1. The van der Waals surface area contributed by atoms with Crippen molar-refractivity contribution in [3.8, 4) is 5.75 Å². The van der Waals surface area contributed by atoms with Crippen LogP contribution in [0.3, 0.4) is 0 Å². The van der Waals surface area contributed by atoms with E-state index >= 15 is 0 Å². The van der Waals surface area contributed by atoms with Crippen molar-refractivity contribution in [1.29, 1.82) is 0 Å². The Kier molecular flexibility index (Phi) is 5.44. The third kappa shape index (κ3) is 4.02. The Balaban J connectivity index is 2.68. The molecule has 1 rings (SSSR count). The summed E-state index contributed by atoms with van der Waals surface area (Å²) >= 11 is 3.38. The third-order valence-corrected chi connectivity index (χ3v) is 2.88. The highest BCUT2D eigenvalue weighted by Crippen LogP contribution is 2.25. The van der Waals surface area contributed by atoms with E-state index in [4.69, 9.17) is 15.2 Å². The average molecular weight is 302 g/mol. The van der Waals surface area contributed by atoms with Gasteiger partial charge in [0.15, 0.2) is 0 Å². The van der Waals surface area contributed by atoms with Crippen LogP contribution in [0.2, 0.25) is 0 Å². The van der Waals surface area contributed by atoms with Gasteiger partial charge in [0.1, 0.15) is 11.8 Å². The number of hydrogen-bond acceptors (Lipinski definition) is 4. The first-order valence-electron chi connectivity index (χ1n) is 5.33. The molecule has 0 radical (unpaired) electrons. The molecular weight excluding hydrogens is 286 g/mol. The zero-order valence-electron chi connectivity index (χ0n) is 9.90. The van der Waals surface area contributed by atoms with Crippen LogP contribution in [0, 0.1) is 0 Å². The first kappa shape index (κ1) is 14.0. The summed E-state index contributed by atoms with van der Waals surface area (Å²) in [6.45, 7) is 2.10. The van der Waals surface area contributed by atoms with Gasteiger partial charge in [0.2, 0.25) is 0 Å². The molecule has 1 aromatic rings. The molecule has 0 aromatic heterocycles. The lowest BCUT2D eigenvalue weighted by molar-refractivity contribution is -0.144. The largest absolute Gasteiger partial charge is 0.496 e. The van der Waals surface area contributed by atoms with Crippen molar-refractivity contribution in [2.45, 2.75) is 19.4 Å². The van der Waals surface area contributed by atoms with E-state index in [0.29, 0.717) is 13.0 Å². The average Bonchev–Trinajstić information content (AvgIpc) is 2.29. The zero-order valence-corrected chi connectivity index (χ0v) is 11.5. The number of rotatable bonds is 5. The minimum absolute atomic E-state index is 0.346. The second kappa shape index (κ2) is 6.61. The maximum absolute atomic E-state index is 11.4. The van der Waals surface area contributed by atoms with Crippen LogP contribution in [-0.2, 0) is 16.0 Å². The highest BCUT2D eigenvalue weighted by Gasteiger charge is 2.15. The zero-order chi connectivity index (χ0) is 12.8. The van der Waals surface area contributed by atoms with Crippen molar-refractivity contribution < 1.29 is 14.3 Å². The molecule has 0 bridgehead atoms. The predicted molar refractivity (Wildman–Crippen MR) is 69.0 cm³/mol. The fourth-order valence-corrected chi connectivity index (χ4v) is 2.01. The van der Waals surface area contributed by atoms with Crippen LogP contribution in [0.4, 0.5) is 0 Å². The normalized spacial score (nSPS) is 12.0. The number of hydrogen-bond donors (Lipinski definition) is 1. The fourth-order valence-electron chi connectivity index (χ4n) is 1.42. The topological polar surface area (TPSA) is 61.5 Å². The lowest BCUT2D eigenvalue weighted by Gasteiger charge is -2.11. The molecule has 0 saturated carbocycles. The van der Waals surface area contributed by atoms with Crippen molar-refractivity contribution in [2.24, 2.45) is 5.73 Å². The Morgan fingerprint density at radius 2 is 2.24 bits per heavy atom. The molecule has 1 atom stereocenters. The maximum Gasteiger partial charge on any atom is 0.323 e. The van der Waals surface area contributed by atoms with Crippen LogP contribution in [0.15, 0.2) is 22.7 Å². The molecule has 2 N–H and O–H groups in total. The molecule has 0 aliphatic heterocycles. The van der Waals surface area contributed by atoms with E-state index in [1.165, 1.54) is 0 Å². The summed E-state index contributed by atoms with van der Waals surface area (Å²) in [6.07, 6.45) is 0.446. The molecule has 94 valence electrons. The molecule has 0 aliphatic carbocycles. The number of methoxy groups -OCH3 is 1. The minimum atomic E-state index is -0.629. The van der Waals surface area contributed by atoms with Gasteiger partial charge in [-0.05, 0) is 47.0 Å². The van der Waals surface area contributed by atoms with Gasteiger partial charge in [-0.3, -0.25) is 4.79 Å². The SMILES string of the molecule is CCOC(=O)C(N)Cc1ccc(OC)c(Br)c1. The summed E-state index contributed by atoms with van der Waals surface area (Å²) in [6, 6.07) is 4.97. The Labute approximate surface area is 109 Å². The van der Waals surface area contributed by atoms with Crippen LogP contribution < -0.4 is 10.5 Å². The van der Waals surface area contributed by atoms with Gasteiger partial charge in [0, 0.05) is 0 Å². The first-order chi connectivity index (χ1) is 8.08. The number of esters is 1. The Morgan fingerprint density at radius 1 is 1.53 bits per heavy atom. The number of nitrogens with two attached hydrogens (primary N) is 1. The summed E-state index contributed by atoms with van der Waals surface area (Å²) < 4.78 is 10.8. The Bertz CT molecular complexity index is 395. The lowest BCUT2D eigenvalue weighted by atomic mass is 10.1. The van der Waals surface area contributed by atoms with Crippen LogP contribution in [0.1, 0.15) is 12.5 Å². The number of ether oxygens (including phenoxy) is 2. The second-order valence-electron chi connectivity index (χ2n) is 3.53. The van der Waals surface area contributed by atoms with Gasteiger partial charge in [0.05, 0.1) is 18.2 Å². The predicted octanol–water partition coefficient (Wildman–Crippen LogP) is 1.89. The number of carbonyl (C=O) groups is 1. The smallest absolute Gasteiger partial charge is 0.323 e. The van der Waals surface area contributed by atoms with Crippen molar-refractivity contribution in [1.82, 2.24) is 0 Å². The second-order valence-corrected chi connectivity index (χ2v) is 4.39. The molecule has 5 heteroatoms. The summed E-state index contributed by atoms with van der Waals surface area (Å²) in [5.74, 6) is 0.373. The van der Waals surface area contributed by atoms with E-state index in [-0.39, 0.29) is 5.97 Å². The third-order valence-electron chi connectivity index (χ3n) is 2.26. The van der Waals surface area contributed by atoms with E-state index in [0.717, 1.165) is 15.8 Å². The van der Waals surface area contributed by atoms with Gasteiger partial charge in [-0.25, -0.2) is 0 Å². The standard InChI is InChI=1S/C12H16BrNO3/c1-3-17-12(15)10(14)7-8-4-5-11(16-2)9(13)6-8/h4-6,10H,3,7,14H2,1-2H3. The van der Waals surface area contributed by atoms with E-state index in [1.54, 1.807) is 14.0 Å². The monoisotopic (exact) mass is 301 g/mol. The van der Waals surface area contributed by atoms with Crippen LogP contribution >= 0.6 is 15.9 Å². The number of carbonyl (C=O) groups excluding carboxylic acids is 1. The molecule has 0 saturated heterocycles. The first-order valence-corrected chi connectivity index (χ1v) is 6.12. The van der Waals surface area contributed by atoms with Crippen molar-refractivity contribution in [3.05, 3.63) is 28.2 Å². The van der Waals surface area contributed by atoms with Crippen LogP contribution in [-0.4, -0.2) is 25.7 Å². The quantitative estimate of drug-likeness (QED) is 0.844. The van der Waals surface area contributed by atoms with Crippen LogP contribution in [0.5, 0.6) is 5.75 Å². The molecule has 0 heterocycles. The summed E-state index contributed by atoms with van der Waals surface area (Å²) in [5.41, 5.74) is 6.69. The van der Waals surface area contributed by atoms with Gasteiger partial charge >= 0.3 is 5.97 Å². The molecule has 0 amide bonds. The van der Waals surface area contributed by atoms with Gasteiger partial charge < -0.3 is 15.2 Å². The molecule has 0 spiro atoms. The highest BCUT2D eigenvalue weighted by atomic mass is 79.9. The Hall–Kier alpha value is -1.07. The molecular formula is C12H16BrNO3. The maximum atomic E-state index is 11.4. The van der Waals surface area contributed by atoms with Crippen molar-refractivity contribution in [2.75, 3.05) is 13.7 Å². The molecule has 1 aromatic carbocycles. The molecule has 4 nitrogen and oxygen atoms in total.